The van der Waals surface area contributed by atoms with Gasteiger partial charge >= 0.3 is 0 Å². The number of nitrogens with one attached hydrogen (secondary N) is 1. The summed E-state index contributed by atoms with van der Waals surface area (Å²) in [5.74, 6) is 0. The van der Waals surface area contributed by atoms with Crippen molar-refractivity contribution in [2.75, 3.05) is 0 Å². The van der Waals surface area contributed by atoms with E-state index in [0.717, 1.165) is 22.6 Å². The summed E-state index contributed by atoms with van der Waals surface area (Å²) in [6.07, 6.45) is 3.43. The highest BCUT2D eigenvalue weighted by Crippen LogP contribution is 2.20. The van der Waals surface area contributed by atoms with Crippen molar-refractivity contribution in [3.8, 4) is 22.6 Å². The summed E-state index contributed by atoms with van der Waals surface area (Å²) in [5, 5.41) is 0. The molecule has 0 unspecified atom stereocenters. The molecule has 3 nitrogen and oxygen atoms in total. The fourth-order valence-electron chi connectivity index (χ4n) is 1.75. The van der Waals surface area contributed by atoms with Crippen LogP contribution in [0.15, 0.2) is 61.1 Å². The average Bonchev–Trinajstić information content (AvgIpc) is 2.94. The van der Waals surface area contributed by atoms with E-state index in [4.69, 9.17) is 0 Å². The van der Waals surface area contributed by atoms with Crippen LogP contribution in [0.3, 0.4) is 0 Å². The van der Waals surface area contributed by atoms with Gasteiger partial charge in [0.2, 0.25) is 0 Å². The molecule has 0 spiro atoms. The van der Waals surface area contributed by atoms with Crippen molar-refractivity contribution in [3.05, 3.63) is 61.1 Å². The molecule has 82 valence electrons. The van der Waals surface area contributed by atoms with E-state index in [1.165, 1.54) is 0 Å². The van der Waals surface area contributed by atoms with Gasteiger partial charge in [-0.2, -0.15) is 0 Å². The summed E-state index contributed by atoms with van der Waals surface area (Å²) in [5.41, 5.74) is 3.93. The third kappa shape index (κ3) is 1.95. The molecule has 3 aromatic rings. The zero-order valence-corrected chi connectivity index (χ0v) is 9.17. The minimum Gasteiger partial charge on any atom is -0.343 e. The maximum absolute atomic E-state index is 4.61. The first-order chi connectivity index (χ1) is 8.43. The van der Waals surface area contributed by atoms with Gasteiger partial charge in [0, 0.05) is 5.56 Å². The van der Waals surface area contributed by atoms with E-state index < -0.39 is 0 Å². The highest BCUT2D eigenvalue weighted by atomic mass is 14.9. The number of nitrogens with zero attached hydrogens (tertiary/aromatic N) is 2. The third-order valence-electron chi connectivity index (χ3n) is 2.59. The highest BCUT2D eigenvalue weighted by Gasteiger charge is 2.03. The second-order valence-corrected chi connectivity index (χ2v) is 3.74. The molecule has 1 aromatic carbocycles. The standard InChI is InChI=1S/C14H11N3/c1-2-5-11(6-3-1)12-7-4-8-13(17-12)14-9-15-10-16-14/h1-10H,(H,15,16). The normalized spacial score (nSPS) is 10.4. The van der Waals surface area contributed by atoms with E-state index >= 15 is 0 Å². The molecular weight excluding hydrogens is 210 g/mol. The van der Waals surface area contributed by atoms with Crippen molar-refractivity contribution >= 4 is 0 Å². The summed E-state index contributed by atoms with van der Waals surface area (Å²) in [7, 11) is 0. The quantitative estimate of drug-likeness (QED) is 0.722. The first-order valence-electron chi connectivity index (χ1n) is 5.45. The Hall–Kier alpha value is -2.42. The molecule has 0 aliphatic rings. The molecule has 1 N–H and O–H groups in total. The molecule has 3 heteroatoms. The molecule has 0 amide bonds. The SMILES string of the molecule is c1ccc(-c2cccc(-c3cnc[nH]3)n2)cc1. The van der Waals surface area contributed by atoms with E-state index in [-0.39, 0.29) is 0 Å². The van der Waals surface area contributed by atoms with Crippen LogP contribution < -0.4 is 0 Å². The Morgan fingerprint density at radius 3 is 2.41 bits per heavy atom. The number of hydrogen-bond donors (Lipinski definition) is 1. The molecule has 2 aromatic heterocycles. The smallest absolute Gasteiger partial charge is 0.0924 e. The third-order valence-corrected chi connectivity index (χ3v) is 2.59. The topological polar surface area (TPSA) is 41.6 Å². The first kappa shape index (κ1) is 9.78. The number of aromatic amines is 1. The van der Waals surface area contributed by atoms with E-state index in [2.05, 4.69) is 27.1 Å². The summed E-state index contributed by atoms with van der Waals surface area (Å²) in [6.45, 7) is 0. The fraction of sp³-hybridized carbons (Fsp3) is 0. The maximum atomic E-state index is 4.61. The van der Waals surface area contributed by atoms with Gasteiger partial charge in [-0.05, 0) is 12.1 Å². The van der Waals surface area contributed by atoms with Crippen LogP contribution in [0.1, 0.15) is 0 Å². The summed E-state index contributed by atoms with van der Waals surface area (Å²) >= 11 is 0. The number of benzene rings is 1. The van der Waals surface area contributed by atoms with Crippen LogP contribution in [0.5, 0.6) is 0 Å². The van der Waals surface area contributed by atoms with Crippen LogP contribution in [-0.4, -0.2) is 15.0 Å². The van der Waals surface area contributed by atoms with Crippen LogP contribution >= 0.6 is 0 Å². The van der Waals surface area contributed by atoms with Crippen molar-refractivity contribution in [1.82, 2.24) is 15.0 Å². The van der Waals surface area contributed by atoms with E-state index in [1.807, 2.05) is 36.4 Å². The van der Waals surface area contributed by atoms with Crippen LogP contribution in [0.25, 0.3) is 22.6 Å². The molecule has 0 atom stereocenters. The first-order valence-corrected chi connectivity index (χ1v) is 5.45. The molecule has 0 saturated carbocycles. The van der Waals surface area contributed by atoms with E-state index in [0.29, 0.717) is 0 Å². The van der Waals surface area contributed by atoms with Gasteiger partial charge in [0.05, 0.1) is 29.6 Å². The zero-order chi connectivity index (χ0) is 11.5. The van der Waals surface area contributed by atoms with Crippen LogP contribution in [0, 0.1) is 0 Å². The van der Waals surface area contributed by atoms with Crippen molar-refractivity contribution in [2.24, 2.45) is 0 Å². The molecule has 0 aliphatic carbocycles. The minimum atomic E-state index is 0.906. The Labute approximate surface area is 99.2 Å². The lowest BCUT2D eigenvalue weighted by molar-refractivity contribution is 1.27. The number of aromatic nitrogens is 3. The van der Waals surface area contributed by atoms with Gasteiger partial charge in [0.15, 0.2) is 0 Å². The zero-order valence-electron chi connectivity index (χ0n) is 9.17. The average molecular weight is 221 g/mol. The monoisotopic (exact) mass is 221 g/mol. The van der Waals surface area contributed by atoms with Crippen LogP contribution in [0.4, 0.5) is 0 Å². The van der Waals surface area contributed by atoms with Crippen molar-refractivity contribution in [3.63, 3.8) is 0 Å². The Morgan fingerprint density at radius 1 is 0.824 bits per heavy atom. The van der Waals surface area contributed by atoms with Crippen molar-refractivity contribution < 1.29 is 0 Å². The minimum absolute atomic E-state index is 0.906. The molecule has 0 bridgehead atoms. The fourth-order valence-corrected chi connectivity index (χ4v) is 1.75. The number of imidazole rings is 1. The lowest BCUT2D eigenvalue weighted by atomic mass is 10.1. The summed E-state index contributed by atoms with van der Waals surface area (Å²) in [4.78, 5) is 11.7. The van der Waals surface area contributed by atoms with Gasteiger partial charge in [0.1, 0.15) is 0 Å². The van der Waals surface area contributed by atoms with E-state index in [9.17, 15) is 0 Å². The molecule has 3 rings (SSSR count). The largest absolute Gasteiger partial charge is 0.343 e. The second-order valence-electron chi connectivity index (χ2n) is 3.74. The number of pyridine rings is 1. The number of rotatable bonds is 2. The molecule has 2 heterocycles. The van der Waals surface area contributed by atoms with Crippen LogP contribution in [0.2, 0.25) is 0 Å². The summed E-state index contributed by atoms with van der Waals surface area (Å²) in [6, 6.07) is 16.1. The molecule has 0 fully saturated rings. The van der Waals surface area contributed by atoms with Gasteiger partial charge in [-0.1, -0.05) is 36.4 Å². The van der Waals surface area contributed by atoms with Gasteiger partial charge in [0.25, 0.3) is 0 Å². The molecule has 0 radical (unpaired) electrons. The molecule has 0 aliphatic heterocycles. The number of H-pyrrole nitrogens is 1. The molecule has 0 saturated heterocycles. The Morgan fingerprint density at radius 2 is 1.65 bits per heavy atom. The molecular formula is C14H11N3. The number of hydrogen-bond acceptors (Lipinski definition) is 2. The lowest BCUT2D eigenvalue weighted by Gasteiger charge is -2.02. The van der Waals surface area contributed by atoms with E-state index in [1.54, 1.807) is 12.5 Å². The van der Waals surface area contributed by atoms with Crippen LogP contribution in [-0.2, 0) is 0 Å². The van der Waals surface area contributed by atoms with Gasteiger partial charge in [-0.25, -0.2) is 9.97 Å². The predicted octanol–water partition coefficient (Wildman–Crippen LogP) is 3.14. The van der Waals surface area contributed by atoms with Crippen molar-refractivity contribution in [2.45, 2.75) is 0 Å². The Kier molecular flexibility index (Phi) is 2.43. The predicted molar refractivity (Wildman–Crippen MR) is 67.3 cm³/mol. The second kappa shape index (κ2) is 4.22. The lowest BCUT2D eigenvalue weighted by Crippen LogP contribution is -1.87. The van der Waals surface area contributed by atoms with Gasteiger partial charge in [-0.15, -0.1) is 0 Å². The maximum Gasteiger partial charge on any atom is 0.0924 e. The van der Waals surface area contributed by atoms with Gasteiger partial charge in [-0.3, -0.25) is 0 Å². The molecule has 17 heavy (non-hydrogen) atoms. The van der Waals surface area contributed by atoms with Crippen molar-refractivity contribution in [1.29, 1.82) is 0 Å². The Balaban J connectivity index is 2.06. The summed E-state index contributed by atoms with van der Waals surface area (Å²) < 4.78 is 0. The van der Waals surface area contributed by atoms with Gasteiger partial charge < -0.3 is 4.98 Å². The Bertz CT molecular complexity index is 600. The highest BCUT2D eigenvalue weighted by molar-refractivity contribution is 5.63.